The molecule has 0 fully saturated rings. The van der Waals surface area contributed by atoms with Crippen molar-refractivity contribution in [3.8, 4) is 0 Å². The number of esters is 2. The molecule has 0 spiro atoms. The number of thiophene rings is 1. The molecule has 3 unspecified atom stereocenters. The number of anilines is 1. The molecule has 0 radical (unpaired) electrons. The smallest absolute Gasteiger partial charge is 0.338 e. The van der Waals surface area contributed by atoms with Gasteiger partial charge in [-0.1, -0.05) is 24.3 Å². The van der Waals surface area contributed by atoms with Crippen LogP contribution in [0.1, 0.15) is 42.5 Å². The zero-order valence-corrected chi connectivity index (χ0v) is 23.3. The van der Waals surface area contributed by atoms with Crippen LogP contribution in [0.15, 0.2) is 88.7 Å². The van der Waals surface area contributed by atoms with E-state index in [9.17, 15) is 18.8 Å². The molecule has 1 aromatic heterocycles. The number of rotatable bonds is 7. The Bertz CT molecular complexity index is 1550. The van der Waals surface area contributed by atoms with Crippen LogP contribution in [0.5, 0.6) is 0 Å². The predicted molar refractivity (Wildman–Crippen MR) is 150 cm³/mol. The standard InChI is InChI=1S/C31H28F2N2O5S/c1-3-39-30(37)25-20(23-10-7-15-41-23)16-22-26(28(25)36)24(19-8-5-6-9-21(19)33)27(31(38)40-4-2)29(34)35(22)18-13-11-17(32)12-14-18/h5-15,20,24-25H,3-4,16,34H2,1-2H3. The van der Waals surface area contributed by atoms with Gasteiger partial charge in [-0.3, -0.25) is 14.5 Å². The number of ether oxygens (including phenoxy) is 2. The molecule has 3 atom stereocenters. The maximum Gasteiger partial charge on any atom is 0.338 e. The minimum absolute atomic E-state index is 0.00189. The number of hydrogen-bond acceptors (Lipinski definition) is 8. The fourth-order valence-corrected chi connectivity index (χ4v) is 6.48. The van der Waals surface area contributed by atoms with Crippen LogP contribution in [-0.4, -0.2) is 30.9 Å². The van der Waals surface area contributed by atoms with Gasteiger partial charge in [0.25, 0.3) is 0 Å². The first-order valence-corrected chi connectivity index (χ1v) is 14.1. The molecule has 1 aliphatic heterocycles. The molecule has 10 heteroatoms. The van der Waals surface area contributed by atoms with Crippen LogP contribution in [0.3, 0.4) is 0 Å². The number of ketones is 1. The summed E-state index contributed by atoms with van der Waals surface area (Å²) in [5.41, 5.74) is 7.42. The molecule has 2 aliphatic rings. The van der Waals surface area contributed by atoms with E-state index >= 15 is 4.39 Å². The Hall–Kier alpha value is -4.31. The summed E-state index contributed by atoms with van der Waals surface area (Å²) in [6, 6.07) is 14.9. The zero-order valence-electron chi connectivity index (χ0n) is 22.4. The number of nitrogens with two attached hydrogens (primary N) is 1. The lowest BCUT2D eigenvalue weighted by Crippen LogP contribution is -2.46. The molecular weight excluding hydrogens is 550 g/mol. The van der Waals surface area contributed by atoms with Gasteiger partial charge in [0.15, 0.2) is 5.78 Å². The Morgan fingerprint density at radius 3 is 2.34 bits per heavy atom. The number of halogens is 2. The quantitative estimate of drug-likeness (QED) is 0.290. The lowest BCUT2D eigenvalue weighted by Gasteiger charge is -2.43. The Labute approximate surface area is 239 Å². The van der Waals surface area contributed by atoms with E-state index < -0.39 is 47.1 Å². The lowest BCUT2D eigenvalue weighted by molar-refractivity contribution is -0.152. The second-order valence-corrected chi connectivity index (χ2v) is 10.5. The van der Waals surface area contributed by atoms with Crippen LogP contribution in [0.25, 0.3) is 0 Å². The molecule has 2 aromatic carbocycles. The summed E-state index contributed by atoms with van der Waals surface area (Å²) < 4.78 is 40.1. The van der Waals surface area contributed by atoms with Gasteiger partial charge in [0.2, 0.25) is 0 Å². The van der Waals surface area contributed by atoms with Crippen LogP contribution in [0.4, 0.5) is 14.5 Å². The van der Waals surface area contributed by atoms with Crippen molar-refractivity contribution in [3.63, 3.8) is 0 Å². The van der Waals surface area contributed by atoms with Gasteiger partial charge in [0.05, 0.1) is 24.7 Å². The summed E-state index contributed by atoms with van der Waals surface area (Å²) in [5.74, 6) is -6.46. The van der Waals surface area contributed by atoms with Gasteiger partial charge in [0, 0.05) is 33.3 Å². The monoisotopic (exact) mass is 578 g/mol. The summed E-state index contributed by atoms with van der Waals surface area (Å²) in [4.78, 5) is 43.7. The summed E-state index contributed by atoms with van der Waals surface area (Å²) >= 11 is 1.39. The van der Waals surface area contributed by atoms with Gasteiger partial charge in [-0.25, -0.2) is 13.6 Å². The van der Waals surface area contributed by atoms with Crippen molar-refractivity contribution in [1.82, 2.24) is 0 Å². The normalized spacial score (nSPS) is 20.6. The van der Waals surface area contributed by atoms with Gasteiger partial charge in [-0.05, 0) is 62.0 Å². The minimum atomic E-state index is -1.25. The number of benzene rings is 2. The third kappa shape index (κ3) is 5.04. The first-order valence-electron chi connectivity index (χ1n) is 13.2. The number of carbonyl (C=O) groups is 3. The van der Waals surface area contributed by atoms with Gasteiger partial charge in [0.1, 0.15) is 23.4 Å². The van der Waals surface area contributed by atoms with Gasteiger partial charge in [-0.15, -0.1) is 11.3 Å². The van der Waals surface area contributed by atoms with E-state index in [0.29, 0.717) is 11.4 Å². The summed E-state index contributed by atoms with van der Waals surface area (Å²) in [5, 5.41) is 1.85. The highest BCUT2D eigenvalue weighted by Gasteiger charge is 2.52. The van der Waals surface area contributed by atoms with Crippen molar-refractivity contribution in [3.05, 3.63) is 111 Å². The van der Waals surface area contributed by atoms with Crippen LogP contribution in [0, 0.1) is 17.6 Å². The van der Waals surface area contributed by atoms with Crippen molar-refractivity contribution >= 4 is 34.7 Å². The molecule has 7 nitrogen and oxygen atoms in total. The van der Waals surface area contributed by atoms with E-state index in [-0.39, 0.29) is 42.2 Å². The average molecular weight is 579 g/mol. The third-order valence-electron chi connectivity index (χ3n) is 7.28. The Balaban J connectivity index is 1.83. The first-order chi connectivity index (χ1) is 19.8. The molecule has 212 valence electrons. The number of carbonyl (C=O) groups excluding carboxylic acids is 3. The maximum atomic E-state index is 15.5. The summed E-state index contributed by atoms with van der Waals surface area (Å²) in [6.45, 7) is 3.33. The molecule has 0 saturated heterocycles. The van der Waals surface area contributed by atoms with Gasteiger partial charge in [-0.2, -0.15) is 0 Å². The van der Waals surface area contributed by atoms with E-state index in [1.54, 1.807) is 19.9 Å². The number of hydrogen-bond donors (Lipinski definition) is 1. The number of Topliss-reactive ketones (excluding diaryl/α,β-unsaturated/α-hetero) is 1. The van der Waals surface area contributed by atoms with E-state index in [2.05, 4.69) is 0 Å². The van der Waals surface area contributed by atoms with Crippen LogP contribution in [-0.2, 0) is 23.9 Å². The molecule has 0 bridgehead atoms. The van der Waals surface area contributed by atoms with Crippen LogP contribution in [0.2, 0.25) is 0 Å². The van der Waals surface area contributed by atoms with E-state index in [4.69, 9.17) is 15.2 Å². The molecular formula is C31H28F2N2O5S. The summed E-state index contributed by atoms with van der Waals surface area (Å²) in [7, 11) is 0. The molecule has 2 N–H and O–H groups in total. The number of allylic oxidation sites excluding steroid dienone is 2. The fourth-order valence-electron chi connectivity index (χ4n) is 5.61. The molecule has 3 aromatic rings. The predicted octanol–water partition coefficient (Wildman–Crippen LogP) is 5.55. The van der Waals surface area contributed by atoms with Crippen molar-refractivity contribution in [2.75, 3.05) is 18.1 Å². The maximum absolute atomic E-state index is 15.5. The van der Waals surface area contributed by atoms with Gasteiger partial charge < -0.3 is 15.2 Å². The Kier molecular flexibility index (Phi) is 8.03. The highest BCUT2D eigenvalue weighted by atomic mass is 32.1. The molecule has 41 heavy (non-hydrogen) atoms. The molecule has 0 amide bonds. The highest BCUT2D eigenvalue weighted by Crippen LogP contribution is 2.52. The highest BCUT2D eigenvalue weighted by molar-refractivity contribution is 7.10. The largest absolute Gasteiger partial charge is 0.465 e. The average Bonchev–Trinajstić information content (AvgIpc) is 3.49. The van der Waals surface area contributed by atoms with E-state index in [1.165, 1.54) is 58.7 Å². The van der Waals surface area contributed by atoms with E-state index in [1.807, 2.05) is 17.5 Å². The second-order valence-electron chi connectivity index (χ2n) is 9.57. The Morgan fingerprint density at radius 1 is 1.00 bits per heavy atom. The molecule has 0 saturated carbocycles. The van der Waals surface area contributed by atoms with Crippen molar-refractivity contribution in [2.24, 2.45) is 11.7 Å². The van der Waals surface area contributed by atoms with Crippen molar-refractivity contribution in [1.29, 1.82) is 0 Å². The van der Waals surface area contributed by atoms with Crippen LogP contribution >= 0.6 is 11.3 Å². The van der Waals surface area contributed by atoms with Crippen LogP contribution < -0.4 is 10.6 Å². The molecule has 5 rings (SSSR count). The zero-order chi connectivity index (χ0) is 29.3. The fraction of sp³-hybridized carbons (Fsp3) is 0.258. The Morgan fingerprint density at radius 2 is 1.71 bits per heavy atom. The van der Waals surface area contributed by atoms with Crippen molar-refractivity contribution < 1.29 is 32.6 Å². The number of nitrogens with zero attached hydrogens (tertiary/aromatic N) is 1. The SMILES string of the molecule is CCOC(=O)C1=C(N)N(c2ccc(F)cc2)C2=C(C(=O)C(C(=O)OCC)C(c3cccs3)C2)C1c1ccccc1F. The minimum Gasteiger partial charge on any atom is -0.465 e. The van der Waals surface area contributed by atoms with Gasteiger partial charge >= 0.3 is 11.9 Å². The molecule has 1 aliphatic carbocycles. The van der Waals surface area contributed by atoms with E-state index in [0.717, 1.165) is 4.88 Å². The first kappa shape index (κ1) is 28.2. The lowest BCUT2D eigenvalue weighted by atomic mass is 9.68. The summed E-state index contributed by atoms with van der Waals surface area (Å²) in [6.07, 6.45) is 0.143. The molecule has 2 heterocycles. The third-order valence-corrected chi connectivity index (χ3v) is 8.29. The second kappa shape index (κ2) is 11.7. The van der Waals surface area contributed by atoms with Crippen molar-refractivity contribution in [2.45, 2.75) is 32.1 Å². The topological polar surface area (TPSA) is 98.9 Å².